The van der Waals surface area contributed by atoms with Gasteiger partial charge in [0.15, 0.2) is 6.04 Å². The summed E-state index contributed by atoms with van der Waals surface area (Å²) in [5.74, 6) is -2.27. The fourth-order valence-corrected chi connectivity index (χ4v) is 1.65. The van der Waals surface area contributed by atoms with Crippen LogP contribution in [0.2, 0.25) is 0 Å². The van der Waals surface area contributed by atoms with Crippen LogP contribution in [0.3, 0.4) is 0 Å². The summed E-state index contributed by atoms with van der Waals surface area (Å²) in [5.41, 5.74) is 0.539. The molecule has 20 heavy (non-hydrogen) atoms. The molecule has 102 valence electrons. The minimum atomic E-state index is -1.21. The van der Waals surface area contributed by atoms with Crippen molar-refractivity contribution in [3.63, 3.8) is 0 Å². The summed E-state index contributed by atoms with van der Waals surface area (Å²) in [6.07, 6.45) is 2.87. The highest BCUT2D eigenvalue weighted by Crippen LogP contribution is 2.13. The van der Waals surface area contributed by atoms with Gasteiger partial charge >= 0.3 is 5.97 Å². The molecule has 2 aromatic rings. The number of nitrogens with one attached hydrogen (secondary N) is 1. The number of carbonyl (C=O) groups excluding carboxylic acids is 1. The highest BCUT2D eigenvalue weighted by molar-refractivity contribution is 5.96. The lowest BCUT2D eigenvalue weighted by Crippen LogP contribution is -2.33. The van der Waals surface area contributed by atoms with E-state index in [1.165, 1.54) is 24.5 Å². The van der Waals surface area contributed by atoms with Gasteiger partial charge in [0.05, 0.1) is 0 Å². The standard InChI is InChI=1S/C14H11FN2O3/c15-11-5-3-9(4-6-11)13(18)17-12(14(19)20)10-2-1-7-16-8-10/h1-8,12H,(H,17,18)(H,19,20). The van der Waals surface area contributed by atoms with Gasteiger partial charge in [-0.25, -0.2) is 9.18 Å². The first-order chi connectivity index (χ1) is 9.58. The Morgan fingerprint density at radius 3 is 2.45 bits per heavy atom. The average Bonchev–Trinajstić information content (AvgIpc) is 2.46. The van der Waals surface area contributed by atoms with Gasteiger partial charge in [0.2, 0.25) is 0 Å². The van der Waals surface area contributed by atoms with Crippen molar-refractivity contribution < 1.29 is 19.1 Å². The number of rotatable bonds is 4. The van der Waals surface area contributed by atoms with Gasteiger partial charge in [0, 0.05) is 23.5 Å². The maximum atomic E-state index is 12.8. The van der Waals surface area contributed by atoms with E-state index in [0.29, 0.717) is 5.56 Å². The van der Waals surface area contributed by atoms with E-state index in [1.54, 1.807) is 12.1 Å². The van der Waals surface area contributed by atoms with Crippen molar-refractivity contribution in [3.8, 4) is 0 Å². The zero-order valence-corrected chi connectivity index (χ0v) is 10.3. The van der Waals surface area contributed by atoms with Crippen LogP contribution >= 0.6 is 0 Å². The molecule has 5 nitrogen and oxygen atoms in total. The van der Waals surface area contributed by atoms with Gasteiger partial charge in [0.1, 0.15) is 5.82 Å². The molecule has 2 N–H and O–H groups in total. The summed E-state index contributed by atoms with van der Waals surface area (Å²) >= 11 is 0. The number of halogens is 1. The molecule has 0 radical (unpaired) electrons. The molecule has 0 bridgehead atoms. The molecule has 2 rings (SSSR count). The normalized spacial score (nSPS) is 11.7. The van der Waals surface area contributed by atoms with E-state index in [0.717, 1.165) is 12.1 Å². The number of nitrogens with zero attached hydrogens (tertiary/aromatic N) is 1. The van der Waals surface area contributed by atoms with E-state index >= 15 is 0 Å². The van der Waals surface area contributed by atoms with Crippen LogP contribution in [0.4, 0.5) is 4.39 Å². The van der Waals surface area contributed by atoms with Gasteiger partial charge in [0.25, 0.3) is 5.91 Å². The van der Waals surface area contributed by atoms with E-state index in [9.17, 15) is 14.0 Å². The molecule has 1 unspecified atom stereocenters. The second-order valence-electron chi connectivity index (χ2n) is 4.04. The zero-order valence-electron chi connectivity index (χ0n) is 10.3. The summed E-state index contributed by atoms with van der Waals surface area (Å²) in [4.78, 5) is 27.0. The molecule has 1 amide bonds. The van der Waals surface area contributed by atoms with Crippen LogP contribution in [0.25, 0.3) is 0 Å². The quantitative estimate of drug-likeness (QED) is 0.890. The zero-order chi connectivity index (χ0) is 14.5. The molecule has 6 heteroatoms. The SMILES string of the molecule is O=C(NC(C(=O)O)c1cccnc1)c1ccc(F)cc1. The Bertz CT molecular complexity index is 614. The highest BCUT2D eigenvalue weighted by Gasteiger charge is 2.22. The summed E-state index contributed by atoms with van der Waals surface area (Å²) < 4.78 is 12.8. The van der Waals surface area contributed by atoms with E-state index in [1.807, 2.05) is 0 Å². The molecule has 0 aliphatic carbocycles. The molecule has 0 aliphatic heterocycles. The average molecular weight is 274 g/mol. The van der Waals surface area contributed by atoms with Gasteiger partial charge in [-0.1, -0.05) is 6.07 Å². The largest absolute Gasteiger partial charge is 0.479 e. The van der Waals surface area contributed by atoms with Gasteiger partial charge < -0.3 is 10.4 Å². The molecule has 1 aromatic carbocycles. The number of aliphatic carboxylic acids is 1. The van der Waals surface area contributed by atoms with Crippen molar-refractivity contribution in [2.24, 2.45) is 0 Å². The molecular formula is C14H11FN2O3. The van der Waals surface area contributed by atoms with Crippen molar-refractivity contribution in [1.29, 1.82) is 0 Å². The lowest BCUT2D eigenvalue weighted by molar-refractivity contribution is -0.139. The van der Waals surface area contributed by atoms with E-state index in [-0.39, 0.29) is 5.56 Å². The monoisotopic (exact) mass is 274 g/mol. The Kier molecular flexibility index (Phi) is 4.05. The molecule has 0 aliphatic rings. The number of amides is 1. The predicted molar refractivity (Wildman–Crippen MR) is 68.5 cm³/mol. The third-order valence-electron chi connectivity index (χ3n) is 2.65. The number of carboxylic acid groups (broad SMARTS) is 1. The number of aromatic nitrogens is 1. The summed E-state index contributed by atoms with van der Waals surface area (Å²) in [5, 5.41) is 11.5. The summed E-state index contributed by atoms with van der Waals surface area (Å²) in [7, 11) is 0. The van der Waals surface area contributed by atoms with Crippen molar-refractivity contribution in [2.45, 2.75) is 6.04 Å². The van der Waals surface area contributed by atoms with Crippen LogP contribution in [0.5, 0.6) is 0 Å². The van der Waals surface area contributed by atoms with Crippen LogP contribution in [0, 0.1) is 5.82 Å². The summed E-state index contributed by atoms with van der Waals surface area (Å²) in [6, 6.07) is 6.76. The number of carboxylic acids is 1. The van der Waals surface area contributed by atoms with Gasteiger partial charge in [-0.15, -0.1) is 0 Å². The topological polar surface area (TPSA) is 79.3 Å². The maximum Gasteiger partial charge on any atom is 0.330 e. The molecule has 0 saturated heterocycles. The first-order valence-electron chi connectivity index (χ1n) is 5.77. The lowest BCUT2D eigenvalue weighted by Gasteiger charge is -2.14. The van der Waals surface area contributed by atoms with Crippen LogP contribution in [-0.2, 0) is 4.79 Å². The van der Waals surface area contributed by atoms with Crippen LogP contribution in [-0.4, -0.2) is 22.0 Å². The third-order valence-corrected chi connectivity index (χ3v) is 2.65. The Morgan fingerprint density at radius 2 is 1.90 bits per heavy atom. The van der Waals surface area contributed by atoms with Gasteiger partial charge in [-0.3, -0.25) is 9.78 Å². The third kappa shape index (κ3) is 3.17. The van der Waals surface area contributed by atoms with Crippen molar-refractivity contribution in [2.75, 3.05) is 0 Å². The Balaban J connectivity index is 2.19. The number of carbonyl (C=O) groups is 2. The maximum absolute atomic E-state index is 12.8. The Morgan fingerprint density at radius 1 is 1.20 bits per heavy atom. The lowest BCUT2D eigenvalue weighted by atomic mass is 10.1. The second-order valence-corrected chi connectivity index (χ2v) is 4.04. The number of pyridine rings is 1. The summed E-state index contributed by atoms with van der Waals surface area (Å²) in [6.45, 7) is 0. The fourth-order valence-electron chi connectivity index (χ4n) is 1.65. The minimum absolute atomic E-state index is 0.182. The molecular weight excluding hydrogens is 263 g/mol. The molecule has 0 saturated carbocycles. The fraction of sp³-hybridized carbons (Fsp3) is 0.0714. The number of hydrogen-bond acceptors (Lipinski definition) is 3. The van der Waals surface area contributed by atoms with E-state index < -0.39 is 23.7 Å². The van der Waals surface area contributed by atoms with Crippen LogP contribution in [0.1, 0.15) is 22.0 Å². The molecule has 0 spiro atoms. The molecule has 1 atom stereocenters. The highest BCUT2D eigenvalue weighted by atomic mass is 19.1. The molecule has 1 aromatic heterocycles. The van der Waals surface area contributed by atoms with Gasteiger partial charge in [-0.05, 0) is 30.3 Å². The predicted octanol–water partition coefficient (Wildman–Crippen LogP) is 1.78. The van der Waals surface area contributed by atoms with Crippen molar-refractivity contribution >= 4 is 11.9 Å². The molecule has 0 fully saturated rings. The Labute approximate surface area is 114 Å². The van der Waals surface area contributed by atoms with E-state index in [2.05, 4.69) is 10.3 Å². The van der Waals surface area contributed by atoms with Crippen LogP contribution in [0.15, 0.2) is 48.8 Å². The first kappa shape index (κ1) is 13.7. The smallest absolute Gasteiger partial charge is 0.330 e. The van der Waals surface area contributed by atoms with E-state index in [4.69, 9.17) is 5.11 Å². The van der Waals surface area contributed by atoms with Crippen molar-refractivity contribution in [1.82, 2.24) is 10.3 Å². The Hall–Kier alpha value is -2.76. The number of benzene rings is 1. The molecule has 1 heterocycles. The van der Waals surface area contributed by atoms with Gasteiger partial charge in [-0.2, -0.15) is 0 Å². The van der Waals surface area contributed by atoms with Crippen LogP contribution < -0.4 is 5.32 Å². The second kappa shape index (κ2) is 5.92. The first-order valence-corrected chi connectivity index (χ1v) is 5.77. The minimum Gasteiger partial charge on any atom is -0.479 e. The van der Waals surface area contributed by atoms with Crippen molar-refractivity contribution in [3.05, 3.63) is 65.7 Å². The number of hydrogen-bond donors (Lipinski definition) is 2.